The van der Waals surface area contributed by atoms with Crippen molar-refractivity contribution in [2.75, 3.05) is 25.0 Å². The van der Waals surface area contributed by atoms with E-state index >= 15 is 0 Å². The Kier molecular flexibility index (Phi) is 5.60. The standard InChI is InChI=1S/C19H21N5O/c20-13-16-7-4-9-21-18(16)22-10-11-23-19(25)17-8-12-24(17)14-15-5-2-1-3-6-15/h1-7,9,17H,8,10-12,14H2,(H,21,22)(H,23,25). The molecule has 1 aliphatic heterocycles. The number of carbonyl (C=O) groups excluding carboxylic acids is 1. The molecule has 2 heterocycles. The first kappa shape index (κ1) is 16.9. The lowest BCUT2D eigenvalue weighted by Crippen LogP contribution is -2.55. The lowest BCUT2D eigenvalue weighted by Gasteiger charge is -2.39. The smallest absolute Gasteiger partial charge is 0.237 e. The van der Waals surface area contributed by atoms with Crippen LogP contribution in [-0.2, 0) is 11.3 Å². The molecule has 25 heavy (non-hydrogen) atoms. The van der Waals surface area contributed by atoms with Crippen LogP contribution < -0.4 is 10.6 Å². The summed E-state index contributed by atoms with van der Waals surface area (Å²) in [7, 11) is 0. The van der Waals surface area contributed by atoms with Crippen molar-refractivity contribution in [2.45, 2.75) is 19.0 Å². The van der Waals surface area contributed by atoms with Crippen LogP contribution in [0.2, 0.25) is 0 Å². The normalized spacial score (nSPS) is 16.5. The number of pyridine rings is 1. The van der Waals surface area contributed by atoms with Crippen molar-refractivity contribution in [3.8, 4) is 6.07 Å². The topological polar surface area (TPSA) is 81.0 Å². The first-order chi connectivity index (χ1) is 12.3. The number of carbonyl (C=O) groups is 1. The maximum Gasteiger partial charge on any atom is 0.237 e. The van der Waals surface area contributed by atoms with E-state index in [0.29, 0.717) is 24.5 Å². The molecule has 1 aliphatic rings. The van der Waals surface area contributed by atoms with Crippen LogP contribution >= 0.6 is 0 Å². The Morgan fingerprint density at radius 1 is 1.24 bits per heavy atom. The van der Waals surface area contributed by atoms with Crippen molar-refractivity contribution in [1.82, 2.24) is 15.2 Å². The third kappa shape index (κ3) is 4.34. The first-order valence-corrected chi connectivity index (χ1v) is 8.42. The van der Waals surface area contributed by atoms with Crippen LogP contribution in [0.15, 0.2) is 48.7 Å². The number of nitrogens with one attached hydrogen (secondary N) is 2. The lowest BCUT2D eigenvalue weighted by molar-refractivity contribution is -0.131. The highest BCUT2D eigenvalue weighted by molar-refractivity contribution is 5.82. The van der Waals surface area contributed by atoms with Gasteiger partial charge in [0.15, 0.2) is 0 Å². The van der Waals surface area contributed by atoms with E-state index in [9.17, 15) is 4.79 Å². The van der Waals surface area contributed by atoms with Gasteiger partial charge in [0.05, 0.1) is 11.6 Å². The highest BCUT2D eigenvalue weighted by atomic mass is 16.2. The molecule has 128 valence electrons. The molecule has 0 saturated carbocycles. The molecular formula is C19H21N5O. The summed E-state index contributed by atoms with van der Waals surface area (Å²) in [6.45, 7) is 2.78. The van der Waals surface area contributed by atoms with E-state index in [1.165, 1.54) is 5.56 Å². The number of likely N-dealkylation sites (tertiary alicyclic amines) is 1. The molecule has 1 aromatic heterocycles. The number of nitrogens with zero attached hydrogens (tertiary/aromatic N) is 3. The minimum Gasteiger partial charge on any atom is -0.367 e. The molecule has 6 heteroatoms. The van der Waals surface area contributed by atoms with Gasteiger partial charge in [-0.2, -0.15) is 5.26 Å². The molecule has 0 aliphatic carbocycles. The monoisotopic (exact) mass is 335 g/mol. The molecule has 3 rings (SSSR count). The minimum absolute atomic E-state index is 0.0512. The molecule has 6 nitrogen and oxygen atoms in total. The Morgan fingerprint density at radius 3 is 2.80 bits per heavy atom. The lowest BCUT2D eigenvalue weighted by atomic mass is 10.0. The number of hydrogen-bond donors (Lipinski definition) is 2. The molecule has 1 saturated heterocycles. The van der Waals surface area contributed by atoms with Gasteiger partial charge in [-0.05, 0) is 24.1 Å². The molecule has 2 aromatic rings. The van der Waals surface area contributed by atoms with Crippen LogP contribution in [0.1, 0.15) is 17.5 Å². The van der Waals surface area contributed by atoms with Gasteiger partial charge in [-0.25, -0.2) is 4.98 Å². The minimum atomic E-state index is -0.0512. The molecule has 1 aromatic carbocycles. The average molecular weight is 335 g/mol. The van der Waals surface area contributed by atoms with Crippen LogP contribution in [0.4, 0.5) is 5.82 Å². The van der Waals surface area contributed by atoms with Crippen molar-refractivity contribution in [3.05, 3.63) is 59.8 Å². The van der Waals surface area contributed by atoms with Gasteiger partial charge in [-0.15, -0.1) is 0 Å². The average Bonchev–Trinajstić information content (AvgIpc) is 2.63. The number of nitriles is 1. The van der Waals surface area contributed by atoms with Crippen molar-refractivity contribution in [3.63, 3.8) is 0 Å². The number of benzene rings is 1. The number of rotatable bonds is 7. The Bertz CT molecular complexity index is 756. The number of aromatic nitrogens is 1. The first-order valence-electron chi connectivity index (χ1n) is 8.42. The summed E-state index contributed by atoms with van der Waals surface area (Å²) in [6.07, 6.45) is 2.53. The van der Waals surface area contributed by atoms with Crippen LogP contribution in [0.25, 0.3) is 0 Å². The molecular weight excluding hydrogens is 314 g/mol. The summed E-state index contributed by atoms with van der Waals surface area (Å²) in [5, 5.41) is 15.1. The van der Waals surface area contributed by atoms with E-state index in [4.69, 9.17) is 5.26 Å². The SMILES string of the molecule is N#Cc1cccnc1NCCNC(=O)C1CCN1Cc1ccccc1. The van der Waals surface area contributed by atoms with E-state index in [0.717, 1.165) is 19.5 Å². The van der Waals surface area contributed by atoms with Crippen LogP contribution in [0, 0.1) is 11.3 Å². The fraction of sp³-hybridized carbons (Fsp3) is 0.316. The van der Waals surface area contributed by atoms with Gasteiger partial charge in [0, 0.05) is 32.4 Å². The summed E-state index contributed by atoms with van der Waals surface area (Å²) >= 11 is 0. The Balaban J connectivity index is 1.41. The number of amides is 1. The van der Waals surface area contributed by atoms with Gasteiger partial charge >= 0.3 is 0 Å². The Labute approximate surface area is 147 Å². The zero-order chi connectivity index (χ0) is 17.5. The summed E-state index contributed by atoms with van der Waals surface area (Å²) in [4.78, 5) is 18.6. The summed E-state index contributed by atoms with van der Waals surface area (Å²) in [5.74, 6) is 0.610. The third-order valence-electron chi connectivity index (χ3n) is 4.31. The highest BCUT2D eigenvalue weighted by Crippen LogP contribution is 2.20. The van der Waals surface area contributed by atoms with Crippen molar-refractivity contribution >= 4 is 11.7 Å². The van der Waals surface area contributed by atoms with E-state index in [1.54, 1.807) is 18.3 Å². The zero-order valence-electron chi connectivity index (χ0n) is 14.0. The van der Waals surface area contributed by atoms with Gasteiger partial charge in [0.1, 0.15) is 11.9 Å². The van der Waals surface area contributed by atoms with Gasteiger partial charge < -0.3 is 10.6 Å². The number of hydrogen-bond acceptors (Lipinski definition) is 5. The molecule has 2 N–H and O–H groups in total. The summed E-state index contributed by atoms with van der Waals surface area (Å²) in [5.41, 5.74) is 1.72. The van der Waals surface area contributed by atoms with Gasteiger partial charge in [-0.1, -0.05) is 30.3 Å². The molecule has 1 unspecified atom stereocenters. The fourth-order valence-electron chi connectivity index (χ4n) is 2.87. The molecule has 1 amide bonds. The van der Waals surface area contributed by atoms with E-state index < -0.39 is 0 Å². The summed E-state index contributed by atoms with van der Waals surface area (Å²) < 4.78 is 0. The Hall–Kier alpha value is -2.91. The van der Waals surface area contributed by atoms with Crippen molar-refractivity contribution in [1.29, 1.82) is 5.26 Å². The predicted molar refractivity (Wildman–Crippen MR) is 95.7 cm³/mol. The maximum absolute atomic E-state index is 12.3. The van der Waals surface area contributed by atoms with Crippen molar-refractivity contribution in [2.24, 2.45) is 0 Å². The molecule has 0 spiro atoms. The quantitative estimate of drug-likeness (QED) is 0.754. The molecule has 0 radical (unpaired) electrons. The largest absolute Gasteiger partial charge is 0.367 e. The maximum atomic E-state index is 12.3. The Morgan fingerprint density at radius 2 is 2.08 bits per heavy atom. The van der Waals surface area contributed by atoms with Crippen LogP contribution in [0.5, 0.6) is 0 Å². The molecule has 1 fully saturated rings. The van der Waals surface area contributed by atoms with E-state index in [1.807, 2.05) is 18.2 Å². The van der Waals surface area contributed by atoms with E-state index in [2.05, 4.69) is 38.7 Å². The second kappa shape index (κ2) is 8.27. The molecule has 0 bridgehead atoms. The van der Waals surface area contributed by atoms with Gasteiger partial charge in [0.2, 0.25) is 5.91 Å². The second-order valence-electron chi connectivity index (χ2n) is 5.99. The summed E-state index contributed by atoms with van der Waals surface area (Å²) in [6, 6.07) is 15.7. The fourth-order valence-corrected chi connectivity index (χ4v) is 2.87. The highest BCUT2D eigenvalue weighted by Gasteiger charge is 2.33. The van der Waals surface area contributed by atoms with Crippen LogP contribution in [0.3, 0.4) is 0 Å². The second-order valence-corrected chi connectivity index (χ2v) is 5.99. The molecule has 1 atom stereocenters. The zero-order valence-corrected chi connectivity index (χ0v) is 14.0. The van der Waals surface area contributed by atoms with E-state index in [-0.39, 0.29) is 11.9 Å². The van der Waals surface area contributed by atoms with Gasteiger partial charge in [-0.3, -0.25) is 9.69 Å². The predicted octanol–water partition coefficient (Wildman–Crippen LogP) is 1.76. The van der Waals surface area contributed by atoms with Crippen molar-refractivity contribution < 1.29 is 4.79 Å². The third-order valence-corrected chi connectivity index (χ3v) is 4.31. The van der Waals surface area contributed by atoms with Crippen LogP contribution in [-0.4, -0.2) is 41.5 Å². The van der Waals surface area contributed by atoms with Gasteiger partial charge in [0.25, 0.3) is 0 Å². The number of anilines is 1.